The van der Waals surface area contributed by atoms with Gasteiger partial charge in [-0.3, -0.25) is 4.98 Å². The van der Waals surface area contributed by atoms with Crippen molar-refractivity contribution in [3.63, 3.8) is 0 Å². The zero-order valence-corrected chi connectivity index (χ0v) is 9.36. The normalized spacial score (nSPS) is 14.9. The number of nitrogens with two attached hydrogens (primary N) is 1. The lowest BCUT2D eigenvalue weighted by atomic mass is 10.1. The molecular weight excluding hydrogens is 215 g/mol. The Bertz CT molecular complexity index is 545. The van der Waals surface area contributed by atoms with E-state index < -0.39 is 0 Å². The minimum atomic E-state index is -0.248. The van der Waals surface area contributed by atoms with E-state index in [1.165, 1.54) is 30.5 Å². The fraction of sp³-hybridized carbons (Fsp3) is 0.214. The molecule has 2 N–H and O–H groups in total. The Balaban J connectivity index is 1.99. The molecule has 2 nitrogen and oxygen atoms in total. The molecule has 0 atom stereocenters. The Kier molecular flexibility index (Phi) is 2.32. The van der Waals surface area contributed by atoms with Crippen molar-refractivity contribution in [3.8, 4) is 11.3 Å². The molecule has 0 radical (unpaired) electrons. The van der Waals surface area contributed by atoms with E-state index in [1.54, 1.807) is 12.1 Å². The van der Waals surface area contributed by atoms with Gasteiger partial charge < -0.3 is 5.73 Å². The number of hydrogen-bond donors (Lipinski definition) is 1. The molecular formula is C14H13FN2. The zero-order valence-electron chi connectivity index (χ0n) is 9.36. The first-order valence-corrected chi connectivity index (χ1v) is 5.75. The Hall–Kier alpha value is -1.90. The van der Waals surface area contributed by atoms with Gasteiger partial charge in [-0.15, -0.1) is 0 Å². The second-order valence-electron chi connectivity index (χ2n) is 4.49. The van der Waals surface area contributed by atoms with Crippen LogP contribution in [0.15, 0.2) is 36.5 Å². The van der Waals surface area contributed by atoms with E-state index in [4.69, 9.17) is 5.73 Å². The zero-order chi connectivity index (χ0) is 11.8. The molecule has 3 rings (SSSR count). The molecule has 86 valence electrons. The molecule has 0 unspecified atom stereocenters. The molecule has 1 aliphatic carbocycles. The molecule has 0 bridgehead atoms. The molecule has 3 heteroatoms. The van der Waals surface area contributed by atoms with Gasteiger partial charge in [0, 0.05) is 11.8 Å². The van der Waals surface area contributed by atoms with Gasteiger partial charge in [0.1, 0.15) is 5.82 Å². The van der Waals surface area contributed by atoms with Crippen molar-refractivity contribution in [1.29, 1.82) is 0 Å². The standard InChI is InChI=1S/C14H13FN2/c15-12-5-3-10(4-6-12)14-13(16)7-11(8-17-14)9-1-2-9/h3-9H,1-2,16H2. The fourth-order valence-corrected chi connectivity index (χ4v) is 1.99. The number of anilines is 1. The van der Waals surface area contributed by atoms with E-state index in [1.807, 2.05) is 12.3 Å². The first-order valence-electron chi connectivity index (χ1n) is 5.75. The lowest BCUT2D eigenvalue weighted by Crippen LogP contribution is -1.95. The largest absolute Gasteiger partial charge is 0.397 e. The summed E-state index contributed by atoms with van der Waals surface area (Å²) in [6.07, 6.45) is 4.35. The third-order valence-corrected chi connectivity index (χ3v) is 3.10. The summed E-state index contributed by atoms with van der Waals surface area (Å²) < 4.78 is 12.8. The Morgan fingerprint density at radius 2 is 1.88 bits per heavy atom. The Morgan fingerprint density at radius 3 is 2.47 bits per heavy atom. The molecule has 1 heterocycles. The summed E-state index contributed by atoms with van der Waals surface area (Å²) >= 11 is 0. The summed E-state index contributed by atoms with van der Waals surface area (Å²) in [6.45, 7) is 0. The van der Waals surface area contributed by atoms with Crippen molar-refractivity contribution in [2.75, 3.05) is 5.73 Å². The summed E-state index contributed by atoms with van der Waals surface area (Å²) in [5, 5.41) is 0. The lowest BCUT2D eigenvalue weighted by molar-refractivity contribution is 0.628. The third-order valence-electron chi connectivity index (χ3n) is 3.10. The highest BCUT2D eigenvalue weighted by molar-refractivity contribution is 5.72. The lowest BCUT2D eigenvalue weighted by Gasteiger charge is -2.07. The topological polar surface area (TPSA) is 38.9 Å². The van der Waals surface area contributed by atoms with Crippen LogP contribution in [0.3, 0.4) is 0 Å². The van der Waals surface area contributed by atoms with Crippen molar-refractivity contribution in [2.24, 2.45) is 0 Å². The summed E-state index contributed by atoms with van der Waals surface area (Å²) in [5.41, 5.74) is 9.47. The molecule has 0 amide bonds. The number of rotatable bonds is 2. The highest BCUT2D eigenvalue weighted by Gasteiger charge is 2.24. The van der Waals surface area contributed by atoms with E-state index in [2.05, 4.69) is 4.98 Å². The first kappa shape index (κ1) is 10.3. The van der Waals surface area contributed by atoms with Crippen LogP contribution in [-0.2, 0) is 0 Å². The monoisotopic (exact) mass is 228 g/mol. The van der Waals surface area contributed by atoms with Crippen molar-refractivity contribution in [2.45, 2.75) is 18.8 Å². The van der Waals surface area contributed by atoms with Crippen LogP contribution in [0, 0.1) is 5.82 Å². The van der Waals surface area contributed by atoms with E-state index in [-0.39, 0.29) is 5.82 Å². The Labute approximate surface area is 99.3 Å². The van der Waals surface area contributed by atoms with Gasteiger partial charge in [0.05, 0.1) is 11.4 Å². The molecule has 1 aliphatic rings. The van der Waals surface area contributed by atoms with Gasteiger partial charge in [0.15, 0.2) is 0 Å². The number of nitrogen functional groups attached to an aromatic ring is 1. The number of hydrogen-bond acceptors (Lipinski definition) is 2. The average Bonchev–Trinajstić information content (AvgIpc) is 3.14. The van der Waals surface area contributed by atoms with Crippen LogP contribution in [0.5, 0.6) is 0 Å². The molecule has 0 saturated heterocycles. The highest BCUT2D eigenvalue weighted by atomic mass is 19.1. The maximum absolute atomic E-state index is 12.8. The van der Waals surface area contributed by atoms with Crippen LogP contribution in [0.4, 0.5) is 10.1 Å². The molecule has 0 aliphatic heterocycles. The fourth-order valence-electron chi connectivity index (χ4n) is 1.99. The van der Waals surface area contributed by atoms with Gasteiger partial charge in [-0.2, -0.15) is 0 Å². The molecule has 0 spiro atoms. The van der Waals surface area contributed by atoms with Gasteiger partial charge in [0.2, 0.25) is 0 Å². The number of aromatic nitrogens is 1. The third kappa shape index (κ3) is 2.00. The van der Waals surface area contributed by atoms with Crippen LogP contribution < -0.4 is 5.73 Å². The predicted octanol–water partition coefficient (Wildman–Crippen LogP) is 3.35. The van der Waals surface area contributed by atoms with Gasteiger partial charge in [-0.05, 0) is 54.7 Å². The van der Waals surface area contributed by atoms with Gasteiger partial charge in [0.25, 0.3) is 0 Å². The quantitative estimate of drug-likeness (QED) is 0.856. The molecule has 1 aromatic carbocycles. The van der Waals surface area contributed by atoms with E-state index >= 15 is 0 Å². The van der Waals surface area contributed by atoms with Crippen molar-refractivity contribution in [3.05, 3.63) is 47.9 Å². The second kappa shape index (κ2) is 3.84. The van der Waals surface area contributed by atoms with Gasteiger partial charge in [-0.1, -0.05) is 0 Å². The van der Waals surface area contributed by atoms with Crippen molar-refractivity contribution < 1.29 is 4.39 Å². The summed E-state index contributed by atoms with van der Waals surface area (Å²) in [4.78, 5) is 4.39. The molecule has 1 aromatic heterocycles. The average molecular weight is 228 g/mol. The number of nitrogens with zero attached hydrogens (tertiary/aromatic N) is 1. The first-order chi connectivity index (χ1) is 8.24. The van der Waals surface area contributed by atoms with Gasteiger partial charge >= 0.3 is 0 Å². The van der Waals surface area contributed by atoms with Crippen molar-refractivity contribution >= 4 is 5.69 Å². The summed E-state index contributed by atoms with van der Waals surface area (Å²) in [5.74, 6) is 0.397. The van der Waals surface area contributed by atoms with E-state index in [0.717, 1.165) is 11.3 Å². The van der Waals surface area contributed by atoms with Crippen LogP contribution in [0.1, 0.15) is 24.3 Å². The number of benzene rings is 1. The number of pyridine rings is 1. The summed E-state index contributed by atoms with van der Waals surface area (Å²) in [6, 6.07) is 8.23. The maximum Gasteiger partial charge on any atom is 0.123 e. The predicted molar refractivity (Wildman–Crippen MR) is 66.0 cm³/mol. The maximum atomic E-state index is 12.8. The second-order valence-corrected chi connectivity index (χ2v) is 4.49. The SMILES string of the molecule is Nc1cc(C2CC2)cnc1-c1ccc(F)cc1. The van der Waals surface area contributed by atoms with Crippen molar-refractivity contribution in [1.82, 2.24) is 4.98 Å². The smallest absolute Gasteiger partial charge is 0.123 e. The van der Waals surface area contributed by atoms with Crippen LogP contribution in [0.25, 0.3) is 11.3 Å². The highest BCUT2D eigenvalue weighted by Crippen LogP contribution is 2.41. The van der Waals surface area contributed by atoms with Crippen LogP contribution in [0.2, 0.25) is 0 Å². The molecule has 1 fully saturated rings. The number of halogens is 1. The Morgan fingerprint density at radius 1 is 1.18 bits per heavy atom. The van der Waals surface area contributed by atoms with Crippen LogP contribution >= 0.6 is 0 Å². The van der Waals surface area contributed by atoms with Crippen LogP contribution in [-0.4, -0.2) is 4.98 Å². The minimum Gasteiger partial charge on any atom is -0.397 e. The molecule has 2 aromatic rings. The minimum absolute atomic E-state index is 0.248. The van der Waals surface area contributed by atoms with E-state index in [9.17, 15) is 4.39 Å². The van der Waals surface area contributed by atoms with E-state index in [0.29, 0.717) is 11.6 Å². The van der Waals surface area contributed by atoms with Gasteiger partial charge in [-0.25, -0.2) is 4.39 Å². The molecule has 1 saturated carbocycles. The molecule has 17 heavy (non-hydrogen) atoms. The summed E-state index contributed by atoms with van der Waals surface area (Å²) in [7, 11) is 0.